The lowest BCUT2D eigenvalue weighted by Crippen LogP contribution is -2.06. The van der Waals surface area contributed by atoms with Gasteiger partial charge in [0.05, 0.1) is 24.7 Å². The quantitative estimate of drug-likeness (QED) is 0.201. The summed E-state index contributed by atoms with van der Waals surface area (Å²) in [5.41, 5.74) is 2.64. The van der Waals surface area contributed by atoms with Gasteiger partial charge in [-0.25, -0.2) is 4.98 Å². The summed E-state index contributed by atoms with van der Waals surface area (Å²) in [6.45, 7) is 0. The number of thiophene rings is 1. The van der Waals surface area contributed by atoms with Crippen LogP contribution in [0.3, 0.4) is 0 Å². The van der Waals surface area contributed by atoms with Gasteiger partial charge in [-0.2, -0.15) is 9.97 Å². The summed E-state index contributed by atoms with van der Waals surface area (Å²) in [7, 11) is 0. The third-order valence-electron chi connectivity index (χ3n) is 7.96. The molecule has 6 aromatic carbocycles. The van der Waals surface area contributed by atoms with Crippen LogP contribution in [0.25, 0.3) is 92.6 Å². The van der Waals surface area contributed by atoms with Crippen LogP contribution in [0.2, 0.25) is 0 Å². The zero-order valence-electron chi connectivity index (χ0n) is 33.0. The Balaban J connectivity index is 1.43. The normalized spacial score (nSPS) is 15.1. The maximum absolute atomic E-state index is 9.29. The molecule has 4 aromatic heterocycles. The summed E-state index contributed by atoms with van der Waals surface area (Å²) in [4.78, 5) is 14.8. The highest BCUT2D eigenvalue weighted by Gasteiger charge is 2.21. The highest BCUT2D eigenvalue weighted by atomic mass is 32.1. The van der Waals surface area contributed by atoms with Gasteiger partial charge < -0.3 is 4.42 Å². The molecule has 10 rings (SSSR count). The molecule has 5 nitrogen and oxygen atoms in total. The fourth-order valence-corrected chi connectivity index (χ4v) is 6.95. The van der Waals surface area contributed by atoms with Gasteiger partial charge in [0.15, 0.2) is 11.6 Å². The van der Waals surface area contributed by atoms with Gasteiger partial charge in [-0.3, -0.25) is 4.57 Å². The summed E-state index contributed by atoms with van der Waals surface area (Å²) >= 11 is 0.951. The number of aromatic nitrogens is 4. The van der Waals surface area contributed by atoms with E-state index in [0.29, 0.717) is 22.3 Å². The Kier molecular flexibility index (Phi) is 3.49. The Bertz CT molecular complexity index is 3340. The molecule has 0 unspecified atom stereocenters. The molecule has 0 saturated carbocycles. The number of hydrogen-bond donors (Lipinski definition) is 0. The van der Waals surface area contributed by atoms with Crippen molar-refractivity contribution >= 4 is 75.3 Å². The minimum absolute atomic E-state index is 0.00104. The van der Waals surface area contributed by atoms with Crippen LogP contribution >= 0.6 is 11.3 Å². The zero-order chi connectivity index (χ0) is 38.2. The van der Waals surface area contributed by atoms with Crippen molar-refractivity contribution in [1.82, 2.24) is 19.5 Å². The van der Waals surface area contributed by atoms with Gasteiger partial charge in [0, 0.05) is 52.8 Å². The molecule has 0 N–H and O–H groups in total. The molecule has 10 aromatic rings. The first kappa shape index (κ1) is 16.9. The van der Waals surface area contributed by atoms with Crippen LogP contribution in [-0.2, 0) is 0 Å². The van der Waals surface area contributed by atoms with E-state index in [2.05, 4.69) is 0 Å². The maximum Gasteiger partial charge on any atom is 0.238 e. The van der Waals surface area contributed by atoms with Crippen molar-refractivity contribution in [2.75, 3.05) is 0 Å². The third-order valence-corrected chi connectivity index (χ3v) is 8.98. The van der Waals surface area contributed by atoms with Crippen LogP contribution < -0.4 is 0 Å². The number of para-hydroxylation sites is 2. The number of fused-ring (bicyclic) bond motifs is 10. The van der Waals surface area contributed by atoms with Crippen LogP contribution in [0.15, 0.2) is 138 Å². The molecule has 0 atom stereocenters. The van der Waals surface area contributed by atoms with Gasteiger partial charge in [0.1, 0.15) is 11.2 Å². The van der Waals surface area contributed by atoms with Crippen molar-refractivity contribution in [2.45, 2.75) is 0 Å². The van der Waals surface area contributed by atoms with Gasteiger partial charge in [0.25, 0.3) is 0 Å². The largest absolute Gasteiger partial charge is 0.456 e. The Morgan fingerprint density at radius 1 is 0.578 bits per heavy atom. The van der Waals surface area contributed by atoms with Crippen LogP contribution in [-0.4, -0.2) is 19.5 Å². The van der Waals surface area contributed by atoms with Gasteiger partial charge in [-0.05, 0) is 42.4 Å². The fraction of sp³-hybridized carbons (Fsp3) is 0. The minimum Gasteiger partial charge on any atom is -0.456 e. The summed E-state index contributed by atoms with van der Waals surface area (Å²) in [6.07, 6.45) is 0. The summed E-state index contributed by atoms with van der Waals surface area (Å²) < 4.78 is 96.5. The van der Waals surface area contributed by atoms with Crippen molar-refractivity contribution in [3.63, 3.8) is 0 Å². The monoisotopic (exact) mass is 604 g/mol. The van der Waals surface area contributed by atoms with Gasteiger partial charge in [0.2, 0.25) is 5.95 Å². The minimum atomic E-state index is -0.540. The molecule has 0 aliphatic rings. The van der Waals surface area contributed by atoms with Crippen molar-refractivity contribution in [2.24, 2.45) is 0 Å². The molecule has 0 aliphatic carbocycles. The van der Waals surface area contributed by atoms with E-state index in [0.717, 1.165) is 22.1 Å². The molecular formula is C39H22N4OS. The van der Waals surface area contributed by atoms with Crippen LogP contribution in [0.5, 0.6) is 0 Å². The van der Waals surface area contributed by atoms with Gasteiger partial charge in [-0.1, -0.05) is 90.8 Å². The van der Waals surface area contributed by atoms with E-state index >= 15 is 0 Å². The van der Waals surface area contributed by atoms with Crippen molar-refractivity contribution < 1.29 is 18.1 Å². The first-order valence-corrected chi connectivity index (χ1v) is 14.9. The van der Waals surface area contributed by atoms with E-state index in [1.165, 1.54) is 4.57 Å². The predicted octanol–water partition coefficient (Wildman–Crippen LogP) is 10.6. The lowest BCUT2D eigenvalue weighted by atomic mass is 10.1. The van der Waals surface area contributed by atoms with Crippen molar-refractivity contribution in [3.05, 3.63) is 133 Å². The molecule has 6 heteroatoms. The molecule has 4 heterocycles. The van der Waals surface area contributed by atoms with Crippen LogP contribution in [0.1, 0.15) is 13.7 Å². The molecule has 210 valence electrons. The van der Waals surface area contributed by atoms with E-state index in [9.17, 15) is 2.74 Å². The first-order valence-electron chi connectivity index (χ1n) is 19.1. The lowest BCUT2D eigenvalue weighted by Gasteiger charge is -2.11. The van der Waals surface area contributed by atoms with E-state index < -0.39 is 36.3 Å². The van der Waals surface area contributed by atoms with E-state index in [-0.39, 0.29) is 83.7 Å². The summed E-state index contributed by atoms with van der Waals surface area (Å²) in [5.74, 6) is 0.401. The van der Waals surface area contributed by atoms with Gasteiger partial charge >= 0.3 is 0 Å². The van der Waals surface area contributed by atoms with Crippen LogP contribution in [0.4, 0.5) is 0 Å². The number of nitrogens with zero attached hydrogens (tertiary/aromatic N) is 4. The topological polar surface area (TPSA) is 56.7 Å². The number of furan rings is 1. The second-order valence-electron chi connectivity index (χ2n) is 10.5. The Labute approximate surface area is 274 Å². The third kappa shape index (κ3) is 3.63. The van der Waals surface area contributed by atoms with Crippen molar-refractivity contribution in [3.8, 4) is 28.7 Å². The first-order chi connectivity index (χ1) is 26.5. The molecule has 0 fully saturated rings. The number of hydrogen-bond acceptors (Lipinski definition) is 5. The summed E-state index contributed by atoms with van der Waals surface area (Å²) in [6, 6.07) is 18.1. The second-order valence-corrected chi connectivity index (χ2v) is 11.5. The molecule has 0 bridgehead atoms. The molecule has 0 saturated heterocycles. The van der Waals surface area contributed by atoms with Crippen molar-refractivity contribution in [1.29, 1.82) is 0 Å². The molecule has 45 heavy (non-hydrogen) atoms. The van der Waals surface area contributed by atoms with Gasteiger partial charge in [-0.15, -0.1) is 11.3 Å². The second kappa shape index (κ2) is 9.32. The average molecular weight is 605 g/mol. The Morgan fingerprint density at radius 3 is 2.24 bits per heavy atom. The smallest absolute Gasteiger partial charge is 0.238 e. The van der Waals surface area contributed by atoms with Crippen LogP contribution in [0, 0.1) is 0 Å². The molecular weight excluding hydrogens is 573 g/mol. The number of benzene rings is 6. The predicted molar refractivity (Wildman–Crippen MR) is 185 cm³/mol. The SMILES string of the molecule is [2H]c1c([2H])c([2H])c2c(sc3c([2H])c([2H])c4c5c([2H])c([2H])c([2H])c([2H])c5n(-c5nc(-c6ccccc6)nc(-c6ccc7oc8ccccc8c7c6)n5)c4c32)c1[2H]. The molecule has 0 aliphatic heterocycles. The average Bonchev–Trinajstić information content (AvgIpc) is 3.90. The standard InChI is InChI=1S/C39H22N4OS/c1-2-10-23(11-3-1)37-40-38(24-18-20-32-29(22-24)26-13-5-8-16-31(26)44-32)42-39(41-37)43-30-15-7-4-12-25(30)27-19-21-34-35(36(27)43)28-14-6-9-17-33(28)45-34/h1-22H/i4D,6D,7D,9D,12D,14D,15D,17D,19D,21D. The van der Waals surface area contributed by atoms with E-state index in [1.54, 1.807) is 0 Å². The summed E-state index contributed by atoms with van der Waals surface area (Å²) in [5, 5.41) is 1.95. The molecule has 0 radical (unpaired) electrons. The number of rotatable bonds is 3. The highest BCUT2D eigenvalue weighted by Crippen LogP contribution is 2.43. The highest BCUT2D eigenvalue weighted by molar-refractivity contribution is 7.26. The Morgan fingerprint density at radius 2 is 1.33 bits per heavy atom. The maximum atomic E-state index is 9.29. The van der Waals surface area contributed by atoms with E-state index in [4.69, 9.17) is 30.3 Å². The molecule has 0 amide bonds. The van der Waals surface area contributed by atoms with E-state index in [1.807, 2.05) is 72.8 Å². The lowest BCUT2D eigenvalue weighted by molar-refractivity contribution is 0.669. The zero-order valence-corrected chi connectivity index (χ0v) is 23.9. The Hall–Kier alpha value is -5.85. The molecule has 0 spiro atoms. The fourth-order valence-electron chi connectivity index (χ4n) is 5.98.